The topological polar surface area (TPSA) is 80.9 Å². The smallest absolute Gasteiger partial charge is 0.213 e. The molecular formula is C17H25IN4O3. The minimum absolute atomic E-state index is 0. The Morgan fingerprint density at radius 3 is 2.84 bits per heavy atom. The van der Waals surface area contributed by atoms with Gasteiger partial charge in [-0.15, -0.1) is 24.0 Å². The molecule has 0 aromatic carbocycles. The second kappa shape index (κ2) is 12.5. The van der Waals surface area contributed by atoms with E-state index in [0.29, 0.717) is 25.6 Å². The van der Waals surface area contributed by atoms with E-state index in [1.54, 1.807) is 20.4 Å². The number of nitrogens with zero attached hydrogens (tertiary/aromatic N) is 2. The van der Waals surface area contributed by atoms with Crippen molar-refractivity contribution < 1.29 is 13.9 Å². The van der Waals surface area contributed by atoms with Gasteiger partial charge in [0.15, 0.2) is 5.96 Å². The minimum atomic E-state index is 0. The number of aromatic nitrogens is 1. The van der Waals surface area contributed by atoms with Crippen LogP contribution < -0.4 is 15.4 Å². The van der Waals surface area contributed by atoms with Crippen molar-refractivity contribution >= 4 is 29.9 Å². The Morgan fingerprint density at radius 1 is 1.24 bits per heavy atom. The Balaban J connectivity index is 0.00000312. The summed E-state index contributed by atoms with van der Waals surface area (Å²) in [5.74, 6) is 2.17. The van der Waals surface area contributed by atoms with E-state index in [2.05, 4.69) is 20.6 Å². The lowest BCUT2D eigenvalue weighted by Crippen LogP contribution is -2.37. The zero-order valence-corrected chi connectivity index (χ0v) is 16.9. The Kier molecular flexibility index (Phi) is 10.6. The fourth-order valence-electron chi connectivity index (χ4n) is 2.01. The summed E-state index contributed by atoms with van der Waals surface area (Å²) in [7, 11) is 3.34. The van der Waals surface area contributed by atoms with Crippen molar-refractivity contribution in [2.24, 2.45) is 4.99 Å². The van der Waals surface area contributed by atoms with Gasteiger partial charge in [-0.05, 0) is 24.6 Å². The first-order valence-corrected chi connectivity index (χ1v) is 7.86. The maximum absolute atomic E-state index is 5.53. The SMILES string of the molecule is CN=C(NCCCOCc1ccco1)NCc1cccc(OC)n1.I. The maximum atomic E-state index is 5.53. The number of rotatable bonds is 9. The number of aliphatic imine (C=N–C) groups is 1. The molecule has 0 aliphatic heterocycles. The van der Waals surface area contributed by atoms with E-state index >= 15 is 0 Å². The van der Waals surface area contributed by atoms with Crippen molar-refractivity contribution in [1.29, 1.82) is 0 Å². The molecule has 2 rings (SSSR count). The van der Waals surface area contributed by atoms with Gasteiger partial charge in [-0.25, -0.2) is 4.98 Å². The molecule has 0 saturated heterocycles. The molecule has 0 saturated carbocycles. The van der Waals surface area contributed by atoms with E-state index in [-0.39, 0.29) is 24.0 Å². The molecule has 8 heteroatoms. The van der Waals surface area contributed by atoms with Gasteiger partial charge in [-0.1, -0.05) is 6.07 Å². The molecule has 0 aliphatic rings. The Labute approximate surface area is 165 Å². The summed E-state index contributed by atoms with van der Waals surface area (Å²) in [5.41, 5.74) is 0.888. The normalized spacial score (nSPS) is 10.9. The van der Waals surface area contributed by atoms with Crippen molar-refractivity contribution in [3.05, 3.63) is 48.0 Å². The van der Waals surface area contributed by atoms with E-state index in [9.17, 15) is 0 Å². The lowest BCUT2D eigenvalue weighted by molar-refractivity contribution is 0.105. The summed E-state index contributed by atoms with van der Waals surface area (Å²) in [6.07, 6.45) is 2.52. The summed E-state index contributed by atoms with van der Waals surface area (Å²) in [6, 6.07) is 9.42. The third kappa shape index (κ3) is 8.21. The van der Waals surface area contributed by atoms with E-state index < -0.39 is 0 Å². The summed E-state index contributed by atoms with van der Waals surface area (Å²) in [5, 5.41) is 6.45. The maximum Gasteiger partial charge on any atom is 0.213 e. The lowest BCUT2D eigenvalue weighted by Gasteiger charge is -2.12. The van der Waals surface area contributed by atoms with Crippen LogP contribution in [0.3, 0.4) is 0 Å². The highest BCUT2D eigenvalue weighted by Gasteiger charge is 2.01. The van der Waals surface area contributed by atoms with E-state index in [1.807, 2.05) is 30.3 Å². The van der Waals surface area contributed by atoms with Crippen molar-refractivity contribution in [2.75, 3.05) is 27.3 Å². The number of pyridine rings is 1. The Morgan fingerprint density at radius 2 is 2.12 bits per heavy atom. The van der Waals surface area contributed by atoms with Crippen molar-refractivity contribution in [1.82, 2.24) is 15.6 Å². The molecule has 0 unspecified atom stereocenters. The lowest BCUT2D eigenvalue weighted by atomic mass is 10.3. The molecule has 2 N–H and O–H groups in total. The number of guanidine groups is 1. The molecule has 0 fully saturated rings. The van der Waals surface area contributed by atoms with Crippen LogP contribution in [0.15, 0.2) is 46.0 Å². The zero-order chi connectivity index (χ0) is 17.0. The summed E-state index contributed by atoms with van der Waals surface area (Å²) >= 11 is 0. The molecule has 138 valence electrons. The molecule has 2 aromatic rings. The molecule has 25 heavy (non-hydrogen) atoms. The van der Waals surface area contributed by atoms with Gasteiger partial charge in [0, 0.05) is 26.3 Å². The van der Waals surface area contributed by atoms with E-state index in [4.69, 9.17) is 13.9 Å². The van der Waals surface area contributed by atoms with E-state index in [1.165, 1.54) is 0 Å². The number of ether oxygens (including phenoxy) is 2. The highest BCUT2D eigenvalue weighted by atomic mass is 127. The van der Waals surface area contributed by atoms with Crippen molar-refractivity contribution in [3.63, 3.8) is 0 Å². The van der Waals surface area contributed by atoms with Crippen LogP contribution in [-0.4, -0.2) is 38.3 Å². The van der Waals surface area contributed by atoms with Crippen LogP contribution in [0.25, 0.3) is 0 Å². The molecule has 0 amide bonds. The second-order valence-electron chi connectivity index (χ2n) is 5.01. The third-order valence-corrected chi connectivity index (χ3v) is 3.23. The first kappa shape index (κ1) is 21.2. The fraction of sp³-hybridized carbons (Fsp3) is 0.412. The minimum Gasteiger partial charge on any atom is -0.481 e. The number of hydrogen-bond acceptors (Lipinski definition) is 5. The van der Waals surface area contributed by atoms with Crippen LogP contribution in [0.2, 0.25) is 0 Å². The molecule has 0 aliphatic carbocycles. The molecule has 0 atom stereocenters. The third-order valence-electron chi connectivity index (χ3n) is 3.23. The monoisotopic (exact) mass is 460 g/mol. The highest BCUT2D eigenvalue weighted by Crippen LogP contribution is 2.06. The summed E-state index contributed by atoms with van der Waals surface area (Å²) in [6.45, 7) is 2.50. The average Bonchev–Trinajstić information content (AvgIpc) is 3.14. The Hall–Kier alpha value is -1.81. The predicted molar refractivity (Wildman–Crippen MR) is 107 cm³/mol. The number of halogens is 1. The van der Waals surface area contributed by atoms with Crippen LogP contribution >= 0.6 is 24.0 Å². The standard InChI is InChI=1S/C17H24N4O3.HI/c1-18-17(20-12-14-6-3-8-16(21-14)22-2)19-9-5-10-23-13-15-7-4-11-24-15;/h3-4,6-8,11H,5,9-10,12-13H2,1-2H3,(H2,18,19,20);1H. The summed E-state index contributed by atoms with van der Waals surface area (Å²) < 4.78 is 15.8. The number of hydrogen-bond donors (Lipinski definition) is 2. The predicted octanol–water partition coefficient (Wildman–Crippen LogP) is 2.57. The van der Waals surface area contributed by atoms with Crippen LogP contribution in [0.4, 0.5) is 0 Å². The molecule has 0 radical (unpaired) electrons. The van der Waals surface area contributed by atoms with Crippen LogP contribution in [-0.2, 0) is 17.9 Å². The summed E-state index contributed by atoms with van der Waals surface area (Å²) in [4.78, 5) is 8.53. The molecule has 0 bridgehead atoms. The Bertz CT molecular complexity index is 620. The number of methoxy groups -OCH3 is 1. The van der Waals surface area contributed by atoms with Gasteiger partial charge in [0.25, 0.3) is 0 Å². The first-order valence-electron chi connectivity index (χ1n) is 7.86. The van der Waals surface area contributed by atoms with Gasteiger partial charge < -0.3 is 24.5 Å². The number of furan rings is 1. The molecule has 2 aromatic heterocycles. The van der Waals surface area contributed by atoms with Crippen LogP contribution in [0.1, 0.15) is 17.9 Å². The first-order chi connectivity index (χ1) is 11.8. The van der Waals surface area contributed by atoms with Crippen molar-refractivity contribution in [2.45, 2.75) is 19.6 Å². The van der Waals surface area contributed by atoms with Gasteiger partial charge in [0.2, 0.25) is 5.88 Å². The van der Waals surface area contributed by atoms with Gasteiger partial charge in [-0.3, -0.25) is 4.99 Å². The molecule has 2 heterocycles. The van der Waals surface area contributed by atoms with Crippen molar-refractivity contribution in [3.8, 4) is 5.88 Å². The molecular weight excluding hydrogens is 435 g/mol. The molecule has 7 nitrogen and oxygen atoms in total. The van der Waals surface area contributed by atoms with Gasteiger partial charge in [-0.2, -0.15) is 0 Å². The van der Waals surface area contributed by atoms with Crippen LogP contribution in [0.5, 0.6) is 5.88 Å². The van der Waals surface area contributed by atoms with Gasteiger partial charge in [0.05, 0.1) is 25.6 Å². The van der Waals surface area contributed by atoms with Gasteiger partial charge in [0.1, 0.15) is 12.4 Å². The fourth-order valence-corrected chi connectivity index (χ4v) is 2.01. The highest BCUT2D eigenvalue weighted by molar-refractivity contribution is 14.0. The second-order valence-corrected chi connectivity index (χ2v) is 5.01. The average molecular weight is 460 g/mol. The van der Waals surface area contributed by atoms with Crippen LogP contribution in [0, 0.1) is 0 Å². The zero-order valence-electron chi connectivity index (χ0n) is 14.5. The van der Waals surface area contributed by atoms with Gasteiger partial charge >= 0.3 is 0 Å². The largest absolute Gasteiger partial charge is 0.481 e. The van der Waals surface area contributed by atoms with E-state index in [0.717, 1.165) is 30.4 Å². The molecule has 0 spiro atoms. The number of nitrogens with one attached hydrogen (secondary N) is 2. The quantitative estimate of drug-likeness (QED) is 0.259.